The van der Waals surface area contributed by atoms with E-state index in [2.05, 4.69) is 27.4 Å². The molecular formula is C17H34N4O2. The zero-order valence-corrected chi connectivity index (χ0v) is 15.6. The van der Waals surface area contributed by atoms with Crippen LogP contribution >= 0.6 is 0 Å². The summed E-state index contributed by atoms with van der Waals surface area (Å²) in [4.78, 5) is 28.5. The van der Waals surface area contributed by atoms with E-state index < -0.39 is 0 Å². The van der Waals surface area contributed by atoms with Crippen molar-refractivity contribution in [3.05, 3.63) is 0 Å². The maximum Gasteiger partial charge on any atom is 0.237 e. The summed E-state index contributed by atoms with van der Waals surface area (Å²) >= 11 is 0. The highest BCUT2D eigenvalue weighted by molar-refractivity contribution is 5.82. The quantitative estimate of drug-likeness (QED) is 0.727. The van der Waals surface area contributed by atoms with Crippen LogP contribution in [0.2, 0.25) is 0 Å². The zero-order chi connectivity index (χ0) is 17.6. The molecule has 0 saturated carbocycles. The number of carbonyl (C=O) groups is 2. The van der Waals surface area contributed by atoms with E-state index in [4.69, 9.17) is 0 Å². The lowest BCUT2D eigenvalue weighted by atomic mass is 10.0. The lowest BCUT2D eigenvalue weighted by Crippen LogP contribution is -2.57. The van der Waals surface area contributed by atoms with Crippen molar-refractivity contribution in [3.8, 4) is 0 Å². The van der Waals surface area contributed by atoms with Crippen LogP contribution in [0.5, 0.6) is 0 Å². The molecule has 23 heavy (non-hydrogen) atoms. The Kier molecular flexibility index (Phi) is 7.48. The Labute approximate surface area is 141 Å². The average molecular weight is 326 g/mol. The number of carbonyl (C=O) groups excluding carboxylic acids is 2. The molecule has 2 N–H and O–H groups in total. The molecule has 0 aliphatic carbocycles. The molecule has 6 nitrogen and oxygen atoms in total. The molecule has 2 amide bonds. The average Bonchev–Trinajstić information content (AvgIpc) is 2.46. The van der Waals surface area contributed by atoms with Gasteiger partial charge in [0, 0.05) is 37.8 Å². The van der Waals surface area contributed by atoms with Crippen LogP contribution in [0, 0.1) is 0 Å². The zero-order valence-electron chi connectivity index (χ0n) is 15.6. The summed E-state index contributed by atoms with van der Waals surface area (Å²) in [6.45, 7) is 15.8. The van der Waals surface area contributed by atoms with Crippen molar-refractivity contribution in [1.29, 1.82) is 0 Å². The van der Waals surface area contributed by atoms with Gasteiger partial charge in [-0.25, -0.2) is 0 Å². The minimum atomic E-state index is -0.165. The number of rotatable bonds is 7. The molecule has 1 fully saturated rings. The van der Waals surface area contributed by atoms with E-state index in [9.17, 15) is 9.59 Å². The maximum absolute atomic E-state index is 12.4. The van der Waals surface area contributed by atoms with Gasteiger partial charge in [0.15, 0.2) is 0 Å². The predicted octanol–water partition coefficient (Wildman–Crippen LogP) is 0.822. The first-order chi connectivity index (χ1) is 10.6. The number of hydrogen-bond donors (Lipinski definition) is 2. The normalized spacial score (nSPS) is 18.7. The van der Waals surface area contributed by atoms with Gasteiger partial charge in [-0.1, -0.05) is 6.92 Å². The molecule has 0 spiro atoms. The highest BCUT2D eigenvalue weighted by Gasteiger charge is 2.28. The summed E-state index contributed by atoms with van der Waals surface area (Å²) in [6, 6.07) is 0.0434. The Hall–Kier alpha value is -1.14. The molecule has 0 aromatic rings. The van der Waals surface area contributed by atoms with Gasteiger partial charge in [0.25, 0.3) is 0 Å². The Morgan fingerprint density at radius 3 is 2.13 bits per heavy atom. The Morgan fingerprint density at radius 2 is 1.65 bits per heavy atom. The van der Waals surface area contributed by atoms with E-state index in [1.807, 2.05) is 34.6 Å². The standard InChI is InChI=1S/C17H34N4O2/c1-7-17(5,6)19-16(23)14(4)21-10-8-20(9-11-21)12-15(22)18-13(2)3/h13-14H,7-12H2,1-6H3,(H,18,22)(H,19,23). The van der Waals surface area contributed by atoms with E-state index in [0.29, 0.717) is 6.54 Å². The van der Waals surface area contributed by atoms with Crippen molar-refractivity contribution in [2.75, 3.05) is 32.7 Å². The van der Waals surface area contributed by atoms with Gasteiger partial charge >= 0.3 is 0 Å². The van der Waals surface area contributed by atoms with Crippen LogP contribution in [-0.4, -0.2) is 72.0 Å². The van der Waals surface area contributed by atoms with Gasteiger partial charge in [0.05, 0.1) is 12.6 Å². The van der Waals surface area contributed by atoms with Crippen LogP contribution < -0.4 is 10.6 Å². The van der Waals surface area contributed by atoms with Gasteiger partial charge in [-0.3, -0.25) is 19.4 Å². The van der Waals surface area contributed by atoms with Crippen molar-refractivity contribution in [1.82, 2.24) is 20.4 Å². The van der Waals surface area contributed by atoms with E-state index in [1.165, 1.54) is 0 Å². The first-order valence-corrected chi connectivity index (χ1v) is 8.72. The molecule has 0 bridgehead atoms. The monoisotopic (exact) mass is 326 g/mol. The summed E-state index contributed by atoms with van der Waals surface area (Å²) in [6.07, 6.45) is 0.907. The first-order valence-electron chi connectivity index (χ1n) is 8.72. The van der Waals surface area contributed by atoms with Crippen LogP contribution in [0.15, 0.2) is 0 Å². The van der Waals surface area contributed by atoms with Crippen LogP contribution in [0.25, 0.3) is 0 Å². The molecule has 1 aliphatic heterocycles. The highest BCUT2D eigenvalue weighted by atomic mass is 16.2. The van der Waals surface area contributed by atoms with Crippen molar-refractivity contribution in [2.24, 2.45) is 0 Å². The second-order valence-electron chi connectivity index (χ2n) is 7.44. The first kappa shape index (κ1) is 19.9. The molecule has 0 radical (unpaired) electrons. The van der Waals surface area contributed by atoms with Gasteiger partial charge in [-0.05, 0) is 41.0 Å². The van der Waals surface area contributed by atoms with E-state index in [-0.39, 0.29) is 29.4 Å². The van der Waals surface area contributed by atoms with Crippen LogP contribution in [-0.2, 0) is 9.59 Å². The fraction of sp³-hybridized carbons (Fsp3) is 0.882. The highest BCUT2D eigenvalue weighted by Crippen LogP contribution is 2.11. The van der Waals surface area contributed by atoms with Gasteiger partial charge in [0.1, 0.15) is 0 Å². The molecule has 1 heterocycles. The van der Waals surface area contributed by atoms with Crippen molar-refractivity contribution < 1.29 is 9.59 Å². The second-order valence-corrected chi connectivity index (χ2v) is 7.44. The molecule has 0 aromatic heterocycles. The molecular weight excluding hydrogens is 292 g/mol. The number of amides is 2. The summed E-state index contributed by atoms with van der Waals surface area (Å²) in [7, 11) is 0. The molecule has 134 valence electrons. The second kappa shape index (κ2) is 8.64. The van der Waals surface area contributed by atoms with Gasteiger partial charge in [-0.15, -0.1) is 0 Å². The molecule has 1 saturated heterocycles. The van der Waals surface area contributed by atoms with Crippen LogP contribution in [0.1, 0.15) is 48.0 Å². The van der Waals surface area contributed by atoms with E-state index in [1.54, 1.807) is 0 Å². The Balaban J connectivity index is 2.40. The minimum Gasteiger partial charge on any atom is -0.353 e. The number of nitrogens with zero attached hydrogens (tertiary/aromatic N) is 2. The van der Waals surface area contributed by atoms with Gasteiger partial charge < -0.3 is 10.6 Å². The minimum absolute atomic E-state index is 0.0731. The number of nitrogens with one attached hydrogen (secondary N) is 2. The molecule has 1 unspecified atom stereocenters. The smallest absolute Gasteiger partial charge is 0.237 e. The van der Waals surface area contributed by atoms with Crippen LogP contribution in [0.3, 0.4) is 0 Å². The summed E-state index contributed by atoms with van der Waals surface area (Å²) in [5.74, 6) is 0.159. The van der Waals surface area contributed by atoms with Crippen molar-refractivity contribution in [2.45, 2.75) is 65.6 Å². The Morgan fingerprint density at radius 1 is 1.09 bits per heavy atom. The molecule has 1 atom stereocenters. The summed E-state index contributed by atoms with van der Waals surface area (Å²) < 4.78 is 0. The van der Waals surface area contributed by atoms with Crippen LogP contribution in [0.4, 0.5) is 0 Å². The summed E-state index contributed by atoms with van der Waals surface area (Å²) in [5, 5.41) is 6.03. The molecule has 1 rings (SSSR count). The van der Waals surface area contributed by atoms with Crippen molar-refractivity contribution >= 4 is 11.8 Å². The third-order valence-corrected chi connectivity index (χ3v) is 4.50. The third-order valence-electron chi connectivity index (χ3n) is 4.50. The lowest BCUT2D eigenvalue weighted by molar-refractivity contribution is -0.129. The summed E-state index contributed by atoms with van der Waals surface area (Å²) in [5.41, 5.74) is -0.165. The van der Waals surface area contributed by atoms with E-state index >= 15 is 0 Å². The lowest BCUT2D eigenvalue weighted by Gasteiger charge is -2.38. The SMILES string of the molecule is CCC(C)(C)NC(=O)C(C)N1CCN(CC(=O)NC(C)C)CC1. The molecule has 0 aromatic carbocycles. The fourth-order valence-corrected chi connectivity index (χ4v) is 2.57. The van der Waals surface area contributed by atoms with Crippen molar-refractivity contribution in [3.63, 3.8) is 0 Å². The van der Waals surface area contributed by atoms with Gasteiger partial charge in [0.2, 0.25) is 11.8 Å². The number of hydrogen-bond acceptors (Lipinski definition) is 4. The topological polar surface area (TPSA) is 64.7 Å². The molecule has 1 aliphatic rings. The number of piperazine rings is 1. The fourth-order valence-electron chi connectivity index (χ4n) is 2.57. The third kappa shape index (κ3) is 6.87. The predicted molar refractivity (Wildman–Crippen MR) is 93.3 cm³/mol. The Bertz CT molecular complexity index is 401. The largest absolute Gasteiger partial charge is 0.353 e. The van der Waals surface area contributed by atoms with Gasteiger partial charge in [-0.2, -0.15) is 0 Å². The maximum atomic E-state index is 12.4. The van der Waals surface area contributed by atoms with E-state index in [0.717, 1.165) is 32.6 Å². The molecule has 6 heteroatoms.